The molecular formula is C25H33ClN2O4S. The van der Waals surface area contributed by atoms with E-state index in [2.05, 4.69) is 25.3 Å². The first-order valence-corrected chi connectivity index (χ1v) is 12.6. The predicted octanol–water partition coefficient (Wildman–Crippen LogP) is 4.74. The van der Waals surface area contributed by atoms with Gasteiger partial charge in [-0.05, 0) is 60.0 Å². The van der Waals surface area contributed by atoms with Gasteiger partial charge in [-0.25, -0.2) is 0 Å². The number of halogens is 1. The molecule has 0 fully saturated rings. The number of ether oxygens (including phenoxy) is 2. The Labute approximate surface area is 205 Å². The van der Waals surface area contributed by atoms with Gasteiger partial charge in [0.15, 0.2) is 0 Å². The van der Waals surface area contributed by atoms with E-state index in [9.17, 15) is 9.59 Å². The van der Waals surface area contributed by atoms with E-state index in [1.807, 2.05) is 30.0 Å². The van der Waals surface area contributed by atoms with Crippen LogP contribution in [0.3, 0.4) is 0 Å². The second-order valence-corrected chi connectivity index (χ2v) is 10.0. The standard InChI is InChI=1S/C25H33ClN2O4S/c1-5-17(2)13-27(25(30)16-31-4)14-24(29)28-10-8-23-20(9-11-33-23)22(28)15-32-19-6-7-21(26)18(3)12-19/h6-7,9,11-12,17,22H,5,8,10,13-16H2,1-4H3/t17-,22+/m0/s1. The van der Waals surface area contributed by atoms with Crippen LogP contribution in [-0.4, -0.2) is 61.6 Å². The van der Waals surface area contributed by atoms with Crippen molar-refractivity contribution >= 4 is 34.8 Å². The molecule has 2 amide bonds. The second-order valence-electron chi connectivity index (χ2n) is 8.59. The molecule has 1 aliphatic rings. The summed E-state index contributed by atoms with van der Waals surface area (Å²) in [6, 6.07) is 7.44. The van der Waals surface area contributed by atoms with Crippen LogP contribution in [0.5, 0.6) is 5.75 Å². The Morgan fingerprint density at radius 3 is 2.82 bits per heavy atom. The van der Waals surface area contributed by atoms with Gasteiger partial charge in [0.1, 0.15) is 19.0 Å². The number of thiophene rings is 1. The summed E-state index contributed by atoms with van der Waals surface area (Å²) >= 11 is 7.85. The van der Waals surface area contributed by atoms with Crippen molar-refractivity contribution in [2.45, 2.75) is 39.7 Å². The van der Waals surface area contributed by atoms with Crippen LogP contribution in [0.4, 0.5) is 0 Å². The molecule has 2 heterocycles. The summed E-state index contributed by atoms with van der Waals surface area (Å²) in [7, 11) is 1.50. The second kappa shape index (κ2) is 11.9. The number of nitrogens with zero attached hydrogens (tertiary/aromatic N) is 2. The van der Waals surface area contributed by atoms with Crippen molar-refractivity contribution in [3.8, 4) is 5.75 Å². The molecule has 0 N–H and O–H groups in total. The van der Waals surface area contributed by atoms with Crippen LogP contribution in [0.1, 0.15) is 42.3 Å². The van der Waals surface area contributed by atoms with Gasteiger partial charge in [0.2, 0.25) is 11.8 Å². The zero-order valence-electron chi connectivity index (χ0n) is 19.8. The third-order valence-corrected chi connectivity index (χ3v) is 7.55. The lowest BCUT2D eigenvalue weighted by Crippen LogP contribution is -2.49. The molecule has 0 unspecified atom stereocenters. The number of hydrogen-bond donors (Lipinski definition) is 0. The zero-order chi connectivity index (χ0) is 24.0. The van der Waals surface area contributed by atoms with Crippen LogP contribution in [0.15, 0.2) is 29.6 Å². The molecule has 33 heavy (non-hydrogen) atoms. The number of benzene rings is 1. The molecule has 2 atom stereocenters. The van der Waals surface area contributed by atoms with Crippen molar-refractivity contribution in [3.63, 3.8) is 0 Å². The van der Waals surface area contributed by atoms with Crippen LogP contribution < -0.4 is 4.74 Å². The van der Waals surface area contributed by atoms with Gasteiger partial charge in [-0.15, -0.1) is 11.3 Å². The lowest BCUT2D eigenvalue weighted by molar-refractivity contribution is -0.145. The Morgan fingerprint density at radius 2 is 2.12 bits per heavy atom. The Hall–Kier alpha value is -2.09. The Bertz CT molecular complexity index is 964. The largest absolute Gasteiger partial charge is 0.491 e. The average molecular weight is 493 g/mol. The molecule has 0 bridgehead atoms. The molecule has 3 rings (SSSR count). The van der Waals surface area contributed by atoms with Crippen molar-refractivity contribution in [1.82, 2.24) is 9.80 Å². The van der Waals surface area contributed by atoms with Crippen molar-refractivity contribution < 1.29 is 19.1 Å². The third kappa shape index (κ3) is 6.49. The highest BCUT2D eigenvalue weighted by Gasteiger charge is 2.33. The topological polar surface area (TPSA) is 59.1 Å². The van der Waals surface area contributed by atoms with Gasteiger partial charge in [-0.3, -0.25) is 9.59 Å². The number of fused-ring (bicyclic) bond motifs is 1. The first kappa shape index (κ1) is 25.5. The van der Waals surface area contributed by atoms with Crippen molar-refractivity contribution in [2.24, 2.45) is 5.92 Å². The molecule has 6 nitrogen and oxygen atoms in total. The maximum atomic E-state index is 13.5. The summed E-state index contributed by atoms with van der Waals surface area (Å²) in [6.45, 7) is 7.60. The maximum Gasteiger partial charge on any atom is 0.249 e. The number of hydrogen-bond acceptors (Lipinski definition) is 5. The minimum Gasteiger partial charge on any atom is -0.491 e. The third-order valence-electron chi connectivity index (χ3n) is 6.13. The van der Waals surface area contributed by atoms with Gasteiger partial charge in [0, 0.05) is 30.1 Å². The molecule has 0 saturated heterocycles. The highest BCUT2D eigenvalue weighted by molar-refractivity contribution is 7.10. The first-order valence-electron chi connectivity index (χ1n) is 11.3. The van der Waals surface area contributed by atoms with Crippen molar-refractivity contribution in [1.29, 1.82) is 0 Å². The van der Waals surface area contributed by atoms with E-state index in [0.29, 0.717) is 30.6 Å². The molecular weight excluding hydrogens is 460 g/mol. The van der Waals surface area contributed by atoms with Crippen LogP contribution in [0.25, 0.3) is 0 Å². The monoisotopic (exact) mass is 492 g/mol. The quantitative estimate of drug-likeness (QED) is 0.481. The molecule has 0 spiro atoms. The Kier molecular flexibility index (Phi) is 9.18. The fraction of sp³-hybridized carbons (Fsp3) is 0.520. The SMILES string of the molecule is CC[C@H](C)CN(CC(=O)N1CCc2sccc2[C@H]1COc1ccc(Cl)c(C)c1)C(=O)COC. The summed E-state index contributed by atoms with van der Waals surface area (Å²) in [6.07, 6.45) is 1.75. The maximum absolute atomic E-state index is 13.5. The lowest BCUT2D eigenvalue weighted by Gasteiger charge is -2.37. The summed E-state index contributed by atoms with van der Waals surface area (Å²) < 4.78 is 11.2. The van der Waals surface area contributed by atoms with Gasteiger partial charge < -0.3 is 19.3 Å². The van der Waals surface area contributed by atoms with Gasteiger partial charge >= 0.3 is 0 Å². The molecule has 1 aromatic carbocycles. The summed E-state index contributed by atoms with van der Waals surface area (Å²) in [5.74, 6) is 0.792. The van der Waals surface area contributed by atoms with Crippen LogP contribution in [-0.2, 0) is 20.7 Å². The molecule has 0 aliphatic carbocycles. The highest BCUT2D eigenvalue weighted by Crippen LogP contribution is 2.34. The fourth-order valence-electron chi connectivity index (χ4n) is 3.99. The van der Waals surface area contributed by atoms with Gasteiger partial charge in [0.05, 0.1) is 12.6 Å². The van der Waals surface area contributed by atoms with Crippen molar-refractivity contribution in [3.05, 3.63) is 50.7 Å². The zero-order valence-corrected chi connectivity index (χ0v) is 21.4. The normalized spacial score (nSPS) is 16.3. The number of amides is 2. The molecule has 8 heteroatoms. The highest BCUT2D eigenvalue weighted by atomic mass is 35.5. The van der Waals surface area contributed by atoms with Gasteiger partial charge in [-0.1, -0.05) is 31.9 Å². The van der Waals surface area contributed by atoms with E-state index in [1.54, 1.807) is 16.2 Å². The molecule has 1 aromatic heterocycles. The average Bonchev–Trinajstić information content (AvgIpc) is 3.28. The first-order chi connectivity index (χ1) is 15.8. The summed E-state index contributed by atoms with van der Waals surface area (Å²) in [5, 5.41) is 2.76. The molecule has 180 valence electrons. The number of carbonyl (C=O) groups is 2. The minimum absolute atomic E-state index is 0.0269. The smallest absolute Gasteiger partial charge is 0.249 e. The molecule has 0 radical (unpaired) electrons. The van der Waals surface area contributed by atoms with E-state index >= 15 is 0 Å². The fourth-order valence-corrected chi connectivity index (χ4v) is 5.03. The van der Waals surface area contributed by atoms with Gasteiger partial charge in [-0.2, -0.15) is 0 Å². The number of aryl methyl sites for hydroxylation is 1. The number of rotatable bonds is 10. The van der Waals surface area contributed by atoms with E-state index in [-0.39, 0.29) is 31.0 Å². The van der Waals surface area contributed by atoms with Crippen LogP contribution in [0.2, 0.25) is 5.02 Å². The van der Waals surface area contributed by atoms with Gasteiger partial charge in [0.25, 0.3) is 0 Å². The van der Waals surface area contributed by atoms with E-state index in [0.717, 1.165) is 29.7 Å². The molecule has 2 aromatic rings. The summed E-state index contributed by atoms with van der Waals surface area (Å²) in [4.78, 5) is 30.9. The number of methoxy groups -OCH3 is 1. The van der Waals surface area contributed by atoms with E-state index in [1.165, 1.54) is 12.0 Å². The minimum atomic E-state index is -0.202. The lowest BCUT2D eigenvalue weighted by atomic mass is 10.00. The molecule has 0 saturated carbocycles. The Morgan fingerprint density at radius 1 is 1.33 bits per heavy atom. The Balaban J connectivity index is 1.77. The predicted molar refractivity (Wildman–Crippen MR) is 132 cm³/mol. The van der Waals surface area contributed by atoms with E-state index in [4.69, 9.17) is 21.1 Å². The summed E-state index contributed by atoms with van der Waals surface area (Å²) in [5.41, 5.74) is 2.07. The van der Waals surface area contributed by atoms with Crippen LogP contribution >= 0.6 is 22.9 Å². The number of carbonyl (C=O) groups excluding carboxylic acids is 2. The van der Waals surface area contributed by atoms with E-state index < -0.39 is 0 Å². The molecule has 1 aliphatic heterocycles. The van der Waals surface area contributed by atoms with Crippen LogP contribution in [0, 0.1) is 12.8 Å². The van der Waals surface area contributed by atoms with Crippen molar-refractivity contribution in [2.75, 3.05) is 40.0 Å².